The predicted molar refractivity (Wildman–Crippen MR) is 98.6 cm³/mol. The summed E-state index contributed by atoms with van der Waals surface area (Å²) >= 11 is 1.90. The van der Waals surface area contributed by atoms with Crippen LogP contribution in [0.15, 0.2) is 12.1 Å². The van der Waals surface area contributed by atoms with Crippen molar-refractivity contribution in [1.82, 2.24) is 10.2 Å². The number of carboxylic acids is 1. The van der Waals surface area contributed by atoms with E-state index in [0.717, 1.165) is 31.8 Å². The Balaban J connectivity index is 1.42. The zero-order valence-electron chi connectivity index (χ0n) is 15.0. The van der Waals surface area contributed by atoms with Crippen LogP contribution in [0.3, 0.4) is 0 Å². The van der Waals surface area contributed by atoms with Gasteiger partial charge in [0.15, 0.2) is 0 Å². The summed E-state index contributed by atoms with van der Waals surface area (Å²) in [5.41, 5.74) is 0.227. The Morgan fingerprint density at radius 3 is 2.58 bits per heavy atom. The van der Waals surface area contributed by atoms with Crippen LogP contribution in [0.1, 0.15) is 56.2 Å². The summed E-state index contributed by atoms with van der Waals surface area (Å²) in [6.07, 6.45) is 4.72. The van der Waals surface area contributed by atoms with Crippen LogP contribution in [-0.4, -0.2) is 41.1 Å². The molecule has 2 aliphatic carbocycles. The monoisotopic (exact) mass is 350 g/mol. The van der Waals surface area contributed by atoms with Crippen molar-refractivity contribution in [2.75, 3.05) is 13.1 Å². The van der Waals surface area contributed by atoms with Gasteiger partial charge in [-0.1, -0.05) is 20.8 Å². The maximum absolute atomic E-state index is 11.1. The third-order valence-electron chi connectivity index (χ3n) is 5.12. The molecule has 0 saturated heterocycles. The van der Waals surface area contributed by atoms with Gasteiger partial charge in [0, 0.05) is 34.9 Å². The van der Waals surface area contributed by atoms with Crippen molar-refractivity contribution in [3.63, 3.8) is 0 Å². The molecule has 2 N–H and O–H groups in total. The number of hydrogen-bond donors (Lipinski definition) is 2. The van der Waals surface area contributed by atoms with E-state index in [1.807, 2.05) is 11.3 Å². The van der Waals surface area contributed by atoms with Crippen LogP contribution in [0.25, 0.3) is 0 Å². The molecule has 0 unspecified atom stereocenters. The normalized spacial score (nSPS) is 24.2. The molecule has 1 aromatic heterocycles. The van der Waals surface area contributed by atoms with E-state index in [9.17, 15) is 4.79 Å². The first-order valence-corrected chi connectivity index (χ1v) is 9.91. The lowest BCUT2D eigenvalue weighted by molar-refractivity contribution is -0.139. The summed E-state index contributed by atoms with van der Waals surface area (Å²) < 4.78 is 0. The van der Waals surface area contributed by atoms with Crippen LogP contribution < -0.4 is 5.32 Å². The van der Waals surface area contributed by atoms with Crippen LogP contribution >= 0.6 is 11.3 Å². The third kappa shape index (κ3) is 4.80. The summed E-state index contributed by atoms with van der Waals surface area (Å²) in [7, 11) is 0. The molecule has 3 rings (SSSR count). The molecule has 2 fully saturated rings. The summed E-state index contributed by atoms with van der Waals surface area (Å²) in [4.78, 5) is 16.1. The Kier molecular flexibility index (Phi) is 5.33. The van der Waals surface area contributed by atoms with Crippen molar-refractivity contribution in [2.24, 2.45) is 5.92 Å². The molecule has 0 bridgehead atoms. The van der Waals surface area contributed by atoms with Gasteiger partial charge in [-0.05, 0) is 49.1 Å². The molecule has 1 aromatic rings. The minimum Gasteiger partial charge on any atom is -0.480 e. The van der Waals surface area contributed by atoms with Gasteiger partial charge in [-0.15, -0.1) is 11.3 Å². The van der Waals surface area contributed by atoms with Crippen molar-refractivity contribution < 1.29 is 9.90 Å². The first kappa shape index (κ1) is 17.9. The molecule has 24 heavy (non-hydrogen) atoms. The van der Waals surface area contributed by atoms with Gasteiger partial charge < -0.3 is 10.4 Å². The van der Waals surface area contributed by atoms with E-state index < -0.39 is 5.97 Å². The average Bonchev–Trinajstić information content (AvgIpc) is 3.09. The second-order valence-corrected chi connectivity index (χ2v) is 9.65. The molecule has 0 atom stereocenters. The van der Waals surface area contributed by atoms with Gasteiger partial charge in [0.25, 0.3) is 0 Å². The van der Waals surface area contributed by atoms with Crippen LogP contribution in [0.4, 0.5) is 0 Å². The first-order chi connectivity index (χ1) is 11.3. The van der Waals surface area contributed by atoms with Gasteiger partial charge >= 0.3 is 5.97 Å². The van der Waals surface area contributed by atoms with Gasteiger partial charge in [0.1, 0.15) is 0 Å². The van der Waals surface area contributed by atoms with Crippen LogP contribution in [0.2, 0.25) is 0 Å². The van der Waals surface area contributed by atoms with Crippen molar-refractivity contribution in [3.05, 3.63) is 21.9 Å². The summed E-state index contributed by atoms with van der Waals surface area (Å²) in [5, 5.41) is 12.8. The molecule has 2 aliphatic rings. The van der Waals surface area contributed by atoms with E-state index in [-0.39, 0.29) is 12.0 Å². The van der Waals surface area contributed by atoms with E-state index in [0.29, 0.717) is 12.1 Å². The number of aliphatic carboxylic acids is 1. The molecular weight excluding hydrogens is 320 g/mol. The number of carboxylic acid groups (broad SMARTS) is 1. The zero-order chi connectivity index (χ0) is 17.3. The SMILES string of the molecule is CC(C)(C)c1ccc(CNC2CC(N(CC(=O)O)CC3CC3)C2)s1. The van der Waals surface area contributed by atoms with Crippen molar-refractivity contribution in [1.29, 1.82) is 0 Å². The van der Waals surface area contributed by atoms with Crippen molar-refractivity contribution >= 4 is 17.3 Å². The highest BCUT2D eigenvalue weighted by atomic mass is 32.1. The van der Waals surface area contributed by atoms with E-state index >= 15 is 0 Å². The largest absolute Gasteiger partial charge is 0.480 e. The number of nitrogens with zero attached hydrogens (tertiary/aromatic N) is 1. The molecule has 1 heterocycles. The highest BCUT2D eigenvalue weighted by molar-refractivity contribution is 7.12. The molecule has 0 spiro atoms. The Morgan fingerprint density at radius 2 is 2.04 bits per heavy atom. The summed E-state index contributed by atoms with van der Waals surface area (Å²) in [6, 6.07) is 5.46. The fourth-order valence-corrected chi connectivity index (χ4v) is 4.34. The lowest BCUT2D eigenvalue weighted by Gasteiger charge is -2.43. The van der Waals surface area contributed by atoms with E-state index in [1.165, 1.54) is 22.6 Å². The lowest BCUT2D eigenvalue weighted by atomic mass is 9.85. The van der Waals surface area contributed by atoms with Gasteiger partial charge in [-0.2, -0.15) is 0 Å². The van der Waals surface area contributed by atoms with Crippen molar-refractivity contribution in [2.45, 2.75) is 70.5 Å². The number of carbonyl (C=O) groups is 1. The number of thiophene rings is 1. The summed E-state index contributed by atoms with van der Waals surface area (Å²) in [6.45, 7) is 8.87. The Labute approximate surface area is 149 Å². The minimum absolute atomic E-state index is 0.202. The topological polar surface area (TPSA) is 52.6 Å². The van der Waals surface area contributed by atoms with Crippen LogP contribution in [0, 0.1) is 5.92 Å². The second kappa shape index (κ2) is 7.14. The Bertz CT molecular complexity index is 568. The number of nitrogens with one attached hydrogen (secondary N) is 1. The van der Waals surface area contributed by atoms with Gasteiger partial charge in [-0.25, -0.2) is 0 Å². The van der Waals surface area contributed by atoms with Crippen LogP contribution in [0.5, 0.6) is 0 Å². The number of rotatable bonds is 8. The maximum atomic E-state index is 11.1. The first-order valence-electron chi connectivity index (χ1n) is 9.09. The maximum Gasteiger partial charge on any atom is 0.317 e. The quantitative estimate of drug-likeness (QED) is 0.754. The fraction of sp³-hybridized carbons (Fsp3) is 0.737. The zero-order valence-corrected chi connectivity index (χ0v) is 15.9. The van der Waals surface area contributed by atoms with Crippen molar-refractivity contribution in [3.8, 4) is 0 Å². The Hall–Kier alpha value is -0.910. The smallest absolute Gasteiger partial charge is 0.317 e. The highest BCUT2D eigenvalue weighted by Crippen LogP contribution is 2.34. The molecule has 134 valence electrons. The fourth-order valence-electron chi connectivity index (χ4n) is 3.32. The highest BCUT2D eigenvalue weighted by Gasteiger charge is 2.36. The molecule has 5 heteroatoms. The van der Waals surface area contributed by atoms with Gasteiger partial charge in [-0.3, -0.25) is 9.69 Å². The second-order valence-electron chi connectivity index (χ2n) is 8.49. The molecule has 0 amide bonds. The molecule has 0 aliphatic heterocycles. The molecule has 0 aromatic carbocycles. The average molecular weight is 351 g/mol. The van der Waals surface area contributed by atoms with Crippen LogP contribution in [-0.2, 0) is 16.8 Å². The lowest BCUT2D eigenvalue weighted by Crippen LogP contribution is -2.54. The Morgan fingerprint density at radius 1 is 1.33 bits per heavy atom. The predicted octanol–water partition coefficient (Wildman–Crippen LogP) is 3.46. The van der Waals surface area contributed by atoms with E-state index in [2.05, 4.69) is 43.1 Å². The minimum atomic E-state index is -0.694. The molecular formula is C19H30N2O2S. The standard InChI is InChI=1S/C19H30N2O2S/c1-19(2,3)17-7-6-16(24-17)10-20-14-8-15(9-14)21(12-18(22)23)11-13-4-5-13/h6-7,13-15,20H,4-5,8-12H2,1-3H3,(H,22,23). The van der Waals surface area contributed by atoms with E-state index in [4.69, 9.17) is 5.11 Å². The van der Waals surface area contributed by atoms with Gasteiger partial charge in [0.05, 0.1) is 6.54 Å². The van der Waals surface area contributed by atoms with Gasteiger partial charge in [0.2, 0.25) is 0 Å². The number of hydrogen-bond acceptors (Lipinski definition) is 4. The molecule has 0 radical (unpaired) electrons. The molecule has 2 saturated carbocycles. The third-order valence-corrected chi connectivity index (χ3v) is 6.63. The summed E-state index contributed by atoms with van der Waals surface area (Å²) in [5.74, 6) is 0.0543. The molecule has 4 nitrogen and oxygen atoms in total. The van der Waals surface area contributed by atoms with E-state index in [1.54, 1.807) is 0 Å².